The number of halogens is 1. The third-order valence-electron chi connectivity index (χ3n) is 3.21. The molecule has 120 valence electrons. The van der Waals surface area contributed by atoms with Crippen molar-refractivity contribution in [2.24, 2.45) is 0 Å². The lowest BCUT2D eigenvalue weighted by molar-refractivity contribution is -0.139. The van der Waals surface area contributed by atoms with Crippen molar-refractivity contribution in [3.05, 3.63) is 58.6 Å². The molecule has 0 spiro atoms. The van der Waals surface area contributed by atoms with Gasteiger partial charge < -0.3 is 14.8 Å². The molecule has 6 heteroatoms. The lowest BCUT2D eigenvalue weighted by Gasteiger charge is -2.13. The molecule has 2 rings (SSSR count). The van der Waals surface area contributed by atoms with Crippen LogP contribution in [0.2, 0.25) is 5.02 Å². The molecule has 23 heavy (non-hydrogen) atoms. The summed E-state index contributed by atoms with van der Waals surface area (Å²) in [7, 11) is 2.66. The molecule has 0 fully saturated rings. The number of ether oxygens (including phenoxy) is 2. The Labute approximate surface area is 139 Å². The Morgan fingerprint density at radius 2 is 1.78 bits per heavy atom. The van der Waals surface area contributed by atoms with E-state index < -0.39 is 5.97 Å². The number of para-hydroxylation sites is 1. The summed E-state index contributed by atoms with van der Waals surface area (Å²) in [5.74, 6) is -0.789. The van der Waals surface area contributed by atoms with Crippen molar-refractivity contribution < 1.29 is 19.1 Å². The molecule has 0 saturated carbocycles. The van der Waals surface area contributed by atoms with Crippen LogP contribution >= 0.6 is 11.6 Å². The zero-order chi connectivity index (χ0) is 16.8. The Morgan fingerprint density at radius 3 is 2.48 bits per heavy atom. The molecule has 0 unspecified atom stereocenters. The fourth-order valence-corrected chi connectivity index (χ4v) is 2.21. The fraction of sp³-hybridized carbons (Fsp3) is 0.176. The molecule has 0 aliphatic heterocycles. The summed E-state index contributed by atoms with van der Waals surface area (Å²) in [5.41, 5.74) is 2.30. The van der Waals surface area contributed by atoms with Crippen LogP contribution in [0, 0.1) is 0 Å². The number of rotatable bonds is 5. The van der Waals surface area contributed by atoms with Crippen molar-refractivity contribution >= 4 is 34.9 Å². The first-order valence-corrected chi connectivity index (χ1v) is 7.22. The van der Waals surface area contributed by atoms with Crippen LogP contribution in [0.3, 0.4) is 0 Å². The maximum absolute atomic E-state index is 11.8. The number of carbonyl (C=O) groups excluding carboxylic acids is 2. The molecule has 0 amide bonds. The van der Waals surface area contributed by atoms with Gasteiger partial charge in [-0.3, -0.25) is 4.79 Å². The first kappa shape index (κ1) is 16.8. The second kappa shape index (κ2) is 7.65. The van der Waals surface area contributed by atoms with Gasteiger partial charge in [0.2, 0.25) is 0 Å². The predicted molar refractivity (Wildman–Crippen MR) is 88.2 cm³/mol. The van der Waals surface area contributed by atoms with E-state index in [0.29, 0.717) is 22.0 Å². The van der Waals surface area contributed by atoms with Gasteiger partial charge in [0, 0.05) is 0 Å². The number of anilines is 2. The van der Waals surface area contributed by atoms with E-state index in [9.17, 15) is 9.59 Å². The van der Waals surface area contributed by atoms with E-state index in [1.807, 2.05) is 0 Å². The van der Waals surface area contributed by atoms with Crippen LogP contribution in [0.15, 0.2) is 42.5 Å². The highest BCUT2D eigenvalue weighted by Crippen LogP contribution is 2.28. The van der Waals surface area contributed by atoms with Crippen LogP contribution in [-0.2, 0) is 20.7 Å². The molecule has 0 saturated heterocycles. The van der Waals surface area contributed by atoms with Gasteiger partial charge in [-0.2, -0.15) is 0 Å². The van der Waals surface area contributed by atoms with E-state index >= 15 is 0 Å². The average Bonchev–Trinajstić information content (AvgIpc) is 2.57. The van der Waals surface area contributed by atoms with E-state index in [0.717, 1.165) is 5.56 Å². The molecule has 2 aromatic carbocycles. The van der Waals surface area contributed by atoms with E-state index in [1.54, 1.807) is 42.5 Å². The van der Waals surface area contributed by atoms with Crippen molar-refractivity contribution in [3.8, 4) is 0 Å². The summed E-state index contributed by atoms with van der Waals surface area (Å²) < 4.78 is 9.42. The molecule has 1 N–H and O–H groups in total. The van der Waals surface area contributed by atoms with Crippen molar-refractivity contribution in [1.82, 2.24) is 0 Å². The first-order chi connectivity index (χ1) is 11.0. The smallest absolute Gasteiger partial charge is 0.339 e. The molecule has 0 heterocycles. The number of nitrogens with one attached hydrogen (secondary N) is 1. The molecule has 2 aromatic rings. The molecular formula is C17H16ClNO4. The van der Waals surface area contributed by atoms with Gasteiger partial charge in [0.25, 0.3) is 0 Å². The Kier molecular flexibility index (Phi) is 5.60. The van der Waals surface area contributed by atoms with Gasteiger partial charge in [0.05, 0.1) is 42.6 Å². The van der Waals surface area contributed by atoms with E-state index in [2.05, 4.69) is 10.1 Å². The first-order valence-electron chi connectivity index (χ1n) is 6.84. The number of esters is 2. The van der Waals surface area contributed by atoms with E-state index in [-0.39, 0.29) is 12.4 Å². The summed E-state index contributed by atoms with van der Waals surface area (Å²) in [4.78, 5) is 23.2. The van der Waals surface area contributed by atoms with Crippen molar-refractivity contribution in [3.63, 3.8) is 0 Å². The zero-order valence-electron chi connectivity index (χ0n) is 12.8. The molecule has 0 aliphatic carbocycles. The second-order valence-electron chi connectivity index (χ2n) is 4.73. The summed E-state index contributed by atoms with van der Waals surface area (Å²) in [6, 6.07) is 12.1. The molecule has 0 radical (unpaired) electrons. The predicted octanol–water partition coefficient (Wildman–Crippen LogP) is 3.59. The maximum atomic E-state index is 11.8. The summed E-state index contributed by atoms with van der Waals surface area (Å²) in [6.45, 7) is 0. The molecule has 5 nitrogen and oxygen atoms in total. The standard InChI is InChI=1S/C17H16ClNO4/c1-22-16(20)10-11-7-8-13(18)15(9-11)19-14-6-4-3-5-12(14)17(21)23-2/h3-9,19H,10H2,1-2H3. The second-order valence-corrected chi connectivity index (χ2v) is 5.14. The van der Waals surface area contributed by atoms with Crippen LogP contribution in [0.4, 0.5) is 11.4 Å². The van der Waals surface area contributed by atoms with Crippen molar-refractivity contribution in [1.29, 1.82) is 0 Å². The Bertz CT molecular complexity index is 730. The van der Waals surface area contributed by atoms with Crippen LogP contribution in [0.25, 0.3) is 0 Å². The molecule has 0 aromatic heterocycles. The van der Waals surface area contributed by atoms with Crippen molar-refractivity contribution in [2.75, 3.05) is 19.5 Å². The topological polar surface area (TPSA) is 64.6 Å². The molecule has 0 aliphatic rings. The highest BCUT2D eigenvalue weighted by molar-refractivity contribution is 6.33. The Balaban J connectivity index is 2.31. The van der Waals surface area contributed by atoms with Gasteiger partial charge >= 0.3 is 11.9 Å². The Morgan fingerprint density at radius 1 is 1.04 bits per heavy atom. The monoisotopic (exact) mass is 333 g/mol. The molecular weight excluding hydrogens is 318 g/mol. The van der Waals surface area contributed by atoms with Gasteiger partial charge in [-0.1, -0.05) is 29.8 Å². The van der Waals surface area contributed by atoms with Crippen LogP contribution in [0.5, 0.6) is 0 Å². The third-order valence-corrected chi connectivity index (χ3v) is 3.54. The average molecular weight is 334 g/mol. The minimum Gasteiger partial charge on any atom is -0.469 e. The summed E-state index contributed by atoms with van der Waals surface area (Å²) in [6.07, 6.45) is 0.140. The minimum absolute atomic E-state index is 0.140. The number of benzene rings is 2. The lowest BCUT2D eigenvalue weighted by Crippen LogP contribution is -2.07. The van der Waals surface area contributed by atoms with Gasteiger partial charge in [0.1, 0.15) is 0 Å². The van der Waals surface area contributed by atoms with Gasteiger partial charge in [-0.05, 0) is 29.8 Å². The fourth-order valence-electron chi connectivity index (χ4n) is 2.04. The summed E-state index contributed by atoms with van der Waals surface area (Å²) >= 11 is 6.19. The lowest BCUT2D eigenvalue weighted by atomic mass is 10.1. The van der Waals surface area contributed by atoms with Crippen molar-refractivity contribution in [2.45, 2.75) is 6.42 Å². The van der Waals surface area contributed by atoms with Gasteiger partial charge in [0.15, 0.2) is 0 Å². The largest absolute Gasteiger partial charge is 0.469 e. The number of hydrogen-bond donors (Lipinski definition) is 1. The highest BCUT2D eigenvalue weighted by Gasteiger charge is 2.13. The minimum atomic E-state index is -0.449. The number of carbonyl (C=O) groups is 2. The van der Waals surface area contributed by atoms with E-state index in [4.69, 9.17) is 16.3 Å². The van der Waals surface area contributed by atoms with E-state index in [1.165, 1.54) is 14.2 Å². The number of hydrogen-bond acceptors (Lipinski definition) is 5. The number of methoxy groups -OCH3 is 2. The SMILES string of the molecule is COC(=O)Cc1ccc(Cl)c(Nc2ccccc2C(=O)OC)c1. The molecule has 0 bridgehead atoms. The van der Waals surface area contributed by atoms with Crippen LogP contribution in [-0.4, -0.2) is 26.2 Å². The Hall–Kier alpha value is -2.53. The normalized spacial score (nSPS) is 10.0. The maximum Gasteiger partial charge on any atom is 0.339 e. The van der Waals surface area contributed by atoms with Crippen LogP contribution < -0.4 is 5.32 Å². The van der Waals surface area contributed by atoms with Gasteiger partial charge in [-0.25, -0.2) is 4.79 Å². The third kappa shape index (κ3) is 4.23. The van der Waals surface area contributed by atoms with Crippen LogP contribution in [0.1, 0.15) is 15.9 Å². The quantitative estimate of drug-likeness (QED) is 0.847. The highest BCUT2D eigenvalue weighted by atomic mass is 35.5. The zero-order valence-corrected chi connectivity index (χ0v) is 13.5. The molecule has 0 atom stereocenters. The summed E-state index contributed by atoms with van der Waals surface area (Å²) in [5, 5.41) is 3.57. The van der Waals surface area contributed by atoms with Gasteiger partial charge in [-0.15, -0.1) is 0 Å².